The zero-order valence-corrected chi connectivity index (χ0v) is 21.8. The summed E-state index contributed by atoms with van der Waals surface area (Å²) in [6.45, 7) is -2.20. The summed E-state index contributed by atoms with van der Waals surface area (Å²) in [6, 6.07) is 0. The summed E-state index contributed by atoms with van der Waals surface area (Å²) in [5, 5.41) is 0. The van der Waals surface area contributed by atoms with Crippen molar-refractivity contribution in [1.82, 2.24) is 0 Å². The molecule has 0 fully saturated rings. The van der Waals surface area contributed by atoms with E-state index in [1.165, 1.54) is 0 Å². The highest BCUT2D eigenvalue weighted by Crippen LogP contribution is 3.00. The maximum absolute atomic E-state index is 6.13. The number of halogens is 8. The molecule has 0 aromatic rings. The van der Waals surface area contributed by atoms with Crippen LogP contribution in [0.5, 0.6) is 0 Å². The lowest BCUT2D eigenvalue weighted by Crippen LogP contribution is -1.82. The fraction of sp³-hybridized carbons (Fsp3) is 1.00. The Morgan fingerprint density at radius 2 is 0.636 bits per heavy atom. The van der Waals surface area contributed by atoms with Gasteiger partial charge in [-0.05, 0) is 103 Å². The summed E-state index contributed by atoms with van der Waals surface area (Å²) in [5.74, 6) is -12.4. The maximum atomic E-state index is 6.13. The van der Waals surface area contributed by atoms with Gasteiger partial charge in [0.1, 0.15) is 13.8 Å². The van der Waals surface area contributed by atoms with Crippen LogP contribution in [0.2, 0.25) is 0 Å². The van der Waals surface area contributed by atoms with Crippen LogP contribution in [-0.4, -0.2) is 13.3 Å². The van der Waals surface area contributed by atoms with Gasteiger partial charge >= 0.3 is 0 Å². The first-order valence-corrected chi connectivity index (χ1v) is 23.9. The van der Waals surface area contributed by atoms with Crippen LogP contribution in [-0.2, 0) is 0 Å². The Bertz CT molecular complexity index is 771. The molecule has 0 saturated heterocycles. The second-order valence-electron chi connectivity index (χ2n) is 4.10. The molecule has 2 aliphatic heterocycles. The smallest absolute Gasteiger partial charge is 0.206 e. The second kappa shape index (κ2) is 6.64. The molecular weight excluding hydrogens is 578 g/mol. The van der Waals surface area contributed by atoms with Gasteiger partial charge in [-0.25, -0.2) is 18.1 Å². The Balaban J connectivity index is 2.94. The summed E-state index contributed by atoms with van der Waals surface area (Å²) in [4.78, 5) is 0. The van der Waals surface area contributed by atoms with Gasteiger partial charge in [0.2, 0.25) is 0 Å². The van der Waals surface area contributed by atoms with Crippen LogP contribution in [0.25, 0.3) is 0 Å². The Morgan fingerprint density at radius 1 is 0.409 bits per heavy atom. The SMILES string of the molecule is CP1(P2(C)=NP(Cl)(Cl)=NP(Cl)(Cl)=N2)=NP(Cl)(Cl)=NP(Cl)(Cl)=N1. The molecule has 0 radical (unpaired) electrons. The van der Waals surface area contributed by atoms with Gasteiger partial charge in [0.15, 0.2) is 0 Å². The van der Waals surface area contributed by atoms with Gasteiger partial charge in [0.05, 0.1) is 0 Å². The number of nitrogens with zero attached hydrogens (tertiary/aromatic N) is 6. The predicted octanol–water partition coefficient (Wildman–Crippen LogP) is 12.1. The van der Waals surface area contributed by atoms with Crippen LogP contribution in [0, 0.1) is 0 Å². The van der Waals surface area contributed by atoms with E-state index in [-0.39, 0.29) is 0 Å². The molecule has 0 amide bonds. The molecule has 0 spiro atoms. The van der Waals surface area contributed by atoms with Crippen molar-refractivity contribution in [2.45, 2.75) is 0 Å². The van der Waals surface area contributed by atoms with Crippen LogP contribution in [0.3, 0.4) is 0 Å². The van der Waals surface area contributed by atoms with E-state index in [1.54, 1.807) is 13.3 Å². The van der Waals surface area contributed by atoms with Crippen molar-refractivity contribution in [3.8, 4) is 0 Å². The maximum Gasteiger partial charge on any atom is 0.256 e. The van der Waals surface area contributed by atoms with E-state index in [0.717, 1.165) is 0 Å². The van der Waals surface area contributed by atoms with Crippen molar-refractivity contribution in [3.05, 3.63) is 0 Å². The highest BCUT2D eigenvalue weighted by atomic mass is 35.9. The van der Waals surface area contributed by atoms with Crippen LogP contribution in [0.4, 0.5) is 0 Å². The molecule has 0 bridgehead atoms. The van der Waals surface area contributed by atoms with Crippen molar-refractivity contribution in [1.29, 1.82) is 0 Å². The van der Waals surface area contributed by atoms with E-state index in [2.05, 4.69) is 27.1 Å². The third-order valence-corrected chi connectivity index (χ3v) is 32.9. The number of hydrogen-bond acceptors (Lipinski definition) is 6. The lowest BCUT2D eigenvalue weighted by atomic mass is 12.0. The summed E-state index contributed by atoms with van der Waals surface area (Å²) in [7, 11) is 0. The topological polar surface area (TPSA) is 74.2 Å². The molecular formula is C2H6Cl8N6P6. The molecule has 130 valence electrons. The Morgan fingerprint density at radius 3 is 0.864 bits per heavy atom. The highest BCUT2D eigenvalue weighted by molar-refractivity contribution is 8.43. The Kier molecular flexibility index (Phi) is 6.64. The summed E-state index contributed by atoms with van der Waals surface area (Å²) >= 11 is 49.1. The van der Waals surface area contributed by atoms with Gasteiger partial charge in [-0.15, -0.1) is 0 Å². The molecule has 0 saturated carbocycles. The molecule has 0 aromatic heterocycles. The van der Waals surface area contributed by atoms with Crippen LogP contribution >= 0.6 is 127 Å². The van der Waals surface area contributed by atoms with Crippen LogP contribution in [0.1, 0.15) is 0 Å². The van der Waals surface area contributed by atoms with Crippen molar-refractivity contribution in [2.75, 3.05) is 13.3 Å². The van der Waals surface area contributed by atoms with Crippen molar-refractivity contribution >= 4 is 127 Å². The average molecular weight is 584 g/mol. The molecule has 0 N–H and O–H groups in total. The van der Waals surface area contributed by atoms with Crippen molar-refractivity contribution < 1.29 is 0 Å². The molecule has 2 unspecified atom stereocenters. The second-order valence-corrected chi connectivity index (χ2v) is 33.4. The third-order valence-electron chi connectivity index (χ3n) is 2.26. The fourth-order valence-corrected chi connectivity index (χ4v) is 47.3. The minimum Gasteiger partial charge on any atom is -0.206 e. The summed E-state index contributed by atoms with van der Waals surface area (Å²) < 4.78 is 25.3. The first kappa shape index (κ1) is 22.0. The quantitative estimate of drug-likeness (QED) is 0.275. The molecule has 2 rings (SSSR count). The lowest BCUT2D eigenvalue weighted by Gasteiger charge is -2.33. The standard InChI is InChI=1S/C2H6Cl8N6P6/c1-17(11-19(3,4)15-20(5,6)12-17)18(2)13-21(7,8)16-22(9,10)14-18/h1-2H3. The molecule has 20 heteroatoms. The van der Waals surface area contributed by atoms with E-state index >= 15 is 0 Å². The van der Waals surface area contributed by atoms with E-state index in [4.69, 9.17) is 89.9 Å². The monoisotopic (exact) mass is 580 g/mol. The molecule has 0 aromatic carbocycles. The first-order valence-electron chi connectivity index (χ1n) is 4.85. The largest absolute Gasteiger partial charge is 0.256 e. The molecule has 0 aliphatic carbocycles. The third kappa shape index (κ3) is 5.15. The van der Waals surface area contributed by atoms with Gasteiger partial charge in [0, 0.05) is 0 Å². The fourth-order valence-electron chi connectivity index (χ4n) is 1.48. The highest BCUT2D eigenvalue weighted by Gasteiger charge is 2.43. The van der Waals surface area contributed by atoms with E-state index in [9.17, 15) is 0 Å². The van der Waals surface area contributed by atoms with Crippen LogP contribution < -0.4 is 0 Å². The molecule has 2 aliphatic rings. The van der Waals surface area contributed by atoms with Crippen molar-refractivity contribution in [2.24, 2.45) is 27.1 Å². The van der Waals surface area contributed by atoms with Crippen molar-refractivity contribution in [3.63, 3.8) is 0 Å². The normalized spacial score (nSPS) is 40.6. The Hall–Kier alpha value is 3.70. The van der Waals surface area contributed by atoms with Gasteiger partial charge in [-0.3, -0.25) is 0 Å². The van der Waals surface area contributed by atoms with Gasteiger partial charge in [0.25, 0.3) is 23.6 Å². The average Bonchev–Trinajstić information content (AvgIpc) is 2.02. The Labute approximate surface area is 166 Å². The molecule has 2 heterocycles. The number of hydrogen-bond donors (Lipinski definition) is 0. The summed E-state index contributed by atoms with van der Waals surface area (Å²) in [5.41, 5.74) is 0. The minimum absolute atomic E-state index is 1.69. The molecule has 22 heavy (non-hydrogen) atoms. The van der Waals surface area contributed by atoms with E-state index < -0.39 is 37.4 Å². The first-order chi connectivity index (χ1) is 9.49. The predicted molar refractivity (Wildman–Crippen MR) is 115 cm³/mol. The number of rotatable bonds is 1. The van der Waals surface area contributed by atoms with E-state index in [0.29, 0.717) is 0 Å². The van der Waals surface area contributed by atoms with Gasteiger partial charge < -0.3 is 0 Å². The van der Waals surface area contributed by atoms with E-state index in [1.807, 2.05) is 0 Å². The van der Waals surface area contributed by atoms with Crippen LogP contribution in [0.15, 0.2) is 27.1 Å². The zero-order valence-electron chi connectivity index (χ0n) is 10.4. The lowest BCUT2D eigenvalue weighted by molar-refractivity contribution is 1.71. The zero-order chi connectivity index (χ0) is 17.2. The minimum atomic E-state index is -3.11. The summed E-state index contributed by atoms with van der Waals surface area (Å²) in [6.07, 6.45) is 0. The molecule has 2 atom stereocenters. The van der Waals surface area contributed by atoms with Gasteiger partial charge in [-0.1, -0.05) is 0 Å². The van der Waals surface area contributed by atoms with Gasteiger partial charge in [-0.2, -0.15) is 9.03 Å². The molecule has 6 nitrogen and oxygen atoms in total.